The van der Waals surface area contributed by atoms with E-state index < -0.39 is 0 Å². The molecule has 9 nitrogen and oxygen atoms in total. The molecule has 2 N–H and O–H groups in total. The number of aryl methyl sites for hydroxylation is 2. The molecule has 1 amide bonds. The summed E-state index contributed by atoms with van der Waals surface area (Å²) in [5.74, 6) is 0.749. The van der Waals surface area contributed by atoms with Gasteiger partial charge in [0, 0.05) is 80.9 Å². The second-order valence-electron chi connectivity index (χ2n) is 11.2. The van der Waals surface area contributed by atoms with Crippen LogP contribution in [0.2, 0.25) is 0 Å². The summed E-state index contributed by atoms with van der Waals surface area (Å²) in [6, 6.07) is 8.51. The normalized spacial score (nSPS) is 16.9. The van der Waals surface area contributed by atoms with Gasteiger partial charge in [0.15, 0.2) is 0 Å². The fourth-order valence-electron chi connectivity index (χ4n) is 6.14. The number of aromatic amines is 1. The molecule has 0 unspecified atom stereocenters. The lowest BCUT2D eigenvalue weighted by atomic mass is 9.97. The number of nitrogens with zero attached hydrogens (tertiary/aromatic N) is 4. The summed E-state index contributed by atoms with van der Waals surface area (Å²) in [6.45, 7) is 14.3. The van der Waals surface area contributed by atoms with Crippen LogP contribution >= 0.6 is 0 Å². The number of amides is 1. The number of aromatic nitrogens is 2. The van der Waals surface area contributed by atoms with Crippen LogP contribution in [0.1, 0.15) is 52.5 Å². The van der Waals surface area contributed by atoms with Gasteiger partial charge in [-0.1, -0.05) is 0 Å². The molecule has 2 saturated heterocycles. The molecule has 2 aromatic heterocycles. The Morgan fingerprint density at radius 3 is 2.52 bits per heavy atom. The monoisotopic (exact) mass is 546 g/mol. The van der Waals surface area contributed by atoms with Crippen molar-refractivity contribution in [3.63, 3.8) is 0 Å². The van der Waals surface area contributed by atoms with E-state index in [9.17, 15) is 9.59 Å². The third-order valence-electron chi connectivity index (χ3n) is 8.47. The average Bonchev–Trinajstić information content (AvgIpc) is 2.94. The summed E-state index contributed by atoms with van der Waals surface area (Å²) < 4.78 is 5.64. The van der Waals surface area contributed by atoms with E-state index in [1.54, 1.807) is 0 Å². The number of fused-ring (bicyclic) bond motifs is 1. The lowest BCUT2D eigenvalue weighted by Crippen LogP contribution is -2.44. The number of piperazine rings is 1. The predicted molar refractivity (Wildman–Crippen MR) is 161 cm³/mol. The van der Waals surface area contributed by atoms with Gasteiger partial charge in [-0.05, 0) is 83.0 Å². The van der Waals surface area contributed by atoms with Gasteiger partial charge in [-0.15, -0.1) is 0 Å². The van der Waals surface area contributed by atoms with E-state index in [0.29, 0.717) is 17.2 Å². The lowest BCUT2D eigenvalue weighted by molar-refractivity contribution is 0.0846. The molecule has 40 heavy (non-hydrogen) atoms. The second kappa shape index (κ2) is 12.0. The standard InChI is InChI=1S/C31H42N6O3/c1-6-37(23-9-15-40-16-10-23)27-18-26-24(7-8-28(34-26)36-13-11-35(5)12-14-36)29(22(27)4)31(39)32-19-25-20(2)17-21(3)33-30(25)38/h7-8,17-18,23H,6,9-16,19H2,1-5H3,(H,32,39)(H,33,38). The van der Waals surface area contributed by atoms with Crippen LogP contribution in [0.3, 0.4) is 0 Å². The number of carbonyl (C=O) groups excluding carboxylic acids is 1. The number of hydrogen-bond acceptors (Lipinski definition) is 7. The largest absolute Gasteiger partial charge is 0.381 e. The van der Waals surface area contributed by atoms with E-state index in [2.05, 4.69) is 45.0 Å². The molecule has 3 aromatic rings. The summed E-state index contributed by atoms with van der Waals surface area (Å²) >= 11 is 0. The fraction of sp³-hybridized carbons (Fsp3) is 0.516. The topological polar surface area (TPSA) is 93.8 Å². The highest BCUT2D eigenvalue weighted by Crippen LogP contribution is 2.34. The first kappa shape index (κ1) is 28.1. The number of pyridine rings is 2. The smallest absolute Gasteiger partial charge is 0.253 e. The molecule has 0 radical (unpaired) electrons. The molecule has 0 atom stereocenters. The zero-order chi connectivity index (χ0) is 28.4. The van der Waals surface area contributed by atoms with Crippen molar-refractivity contribution in [2.45, 2.75) is 53.1 Å². The Morgan fingerprint density at radius 2 is 1.85 bits per heavy atom. The minimum atomic E-state index is -0.194. The van der Waals surface area contributed by atoms with Crippen molar-refractivity contribution in [3.8, 4) is 0 Å². The number of rotatable bonds is 7. The number of ether oxygens (including phenoxy) is 1. The summed E-state index contributed by atoms with van der Waals surface area (Å²) in [6.07, 6.45) is 1.91. The Kier molecular flexibility index (Phi) is 8.42. The number of benzene rings is 1. The van der Waals surface area contributed by atoms with Gasteiger partial charge in [0.25, 0.3) is 11.5 Å². The van der Waals surface area contributed by atoms with Crippen molar-refractivity contribution < 1.29 is 9.53 Å². The Balaban J connectivity index is 1.56. The molecule has 9 heteroatoms. The van der Waals surface area contributed by atoms with Gasteiger partial charge in [-0.25, -0.2) is 4.98 Å². The first-order valence-corrected chi connectivity index (χ1v) is 14.5. The third kappa shape index (κ3) is 5.71. The molecule has 4 heterocycles. The zero-order valence-corrected chi connectivity index (χ0v) is 24.5. The Labute approximate surface area is 236 Å². The van der Waals surface area contributed by atoms with Crippen molar-refractivity contribution in [3.05, 3.63) is 62.6 Å². The van der Waals surface area contributed by atoms with Gasteiger partial charge >= 0.3 is 0 Å². The minimum absolute atomic E-state index is 0.162. The van der Waals surface area contributed by atoms with E-state index in [1.807, 2.05) is 39.0 Å². The van der Waals surface area contributed by atoms with Crippen molar-refractivity contribution >= 4 is 28.3 Å². The number of anilines is 2. The molecular formula is C31H42N6O3. The first-order chi connectivity index (χ1) is 19.3. The predicted octanol–water partition coefficient (Wildman–Crippen LogP) is 3.54. The van der Waals surface area contributed by atoms with Crippen molar-refractivity contribution in [1.82, 2.24) is 20.2 Å². The maximum Gasteiger partial charge on any atom is 0.253 e. The molecule has 1 aromatic carbocycles. The molecule has 0 bridgehead atoms. The van der Waals surface area contributed by atoms with Crippen LogP contribution in [0.5, 0.6) is 0 Å². The van der Waals surface area contributed by atoms with Crippen molar-refractivity contribution in [2.75, 3.05) is 62.8 Å². The number of H-pyrrole nitrogens is 1. The Hall–Kier alpha value is -3.43. The van der Waals surface area contributed by atoms with Crippen LogP contribution < -0.4 is 20.7 Å². The highest BCUT2D eigenvalue weighted by Gasteiger charge is 2.26. The SMILES string of the molecule is CCN(c1cc2nc(N3CCN(C)CC3)ccc2c(C(=O)NCc2c(C)cc(C)[nH]c2=O)c1C)C1CCOCC1. The number of nitrogens with one attached hydrogen (secondary N) is 2. The van der Waals surface area contributed by atoms with E-state index in [0.717, 1.165) is 98.0 Å². The van der Waals surface area contributed by atoms with E-state index in [4.69, 9.17) is 9.72 Å². The minimum Gasteiger partial charge on any atom is -0.381 e. The van der Waals surface area contributed by atoms with Crippen LogP contribution in [0.15, 0.2) is 29.1 Å². The highest BCUT2D eigenvalue weighted by molar-refractivity contribution is 6.09. The molecule has 2 aliphatic heterocycles. The average molecular weight is 547 g/mol. The number of hydrogen-bond donors (Lipinski definition) is 2. The Bertz CT molecular complexity index is 1440. The number of carbonyl (C=O) groups is 1. The third-order valence-corrected chi connectivity index (χ3v) is 8.47. The summed E-state index contributed by atoms with van der Waals surface area (Å²) in [5, 5.41) is 3.88. The maximum absolute atomic E-state index is 13.9. The van der Waals surface area contributed by atoms with Gasteiger partial charge in [0.05, 0.1) is 11.1 Å². The maximum atomic E-state index is 13.9. The Morgan fingerprint density at radius 1 is 1.12 bits per heavy atom. The van der Waals surface area contributed by atoms with Crippen LogP contribution in [-0.2, 0) is 11.3 Å². The number of likely N-dealkylation sites (N-methyl/N-ethyl adjacent to an activating group) is 1. The summed E-state index contributed by atoms with van der Waals surface area (Å²) in [7, 11) is 2.15. The molecule has 0 aliphatic carbocycles. The van der Waals surface area contributed by atoms with Gasteiger partial charge in [-0.3, -0.25) is 9.59 Å². The van der Waals surface area contributed by atoms with Gasteiger partial charge in [0.1, 0.15) is 5.82 Å². The van der Waals surface area contributed by atoms with E-state index >= 15 is 0 Å². The molecule has 214 valence electrons. The zero-order valence-electron chi connectivity index (χ0n) is 24.5. The van der Waals surface area contributed by atoms with Gasteiger partial charge in [-0.2, -0.15) is 0 Å². The van der Waals surface area contributed by atoms with E-state index in [1.165, 1.54) is 0 Å². The van der Waals surface area contributed by atoms with Crippen LogP contribution in [0.4, 0.5) is 11.5 Å². The van der Waals surface area contributed by atoms with Crippen molar-refractivity contribution in [2.24, 2.45) is 0 Å². The summed E-state index contributed by atoms with van der Waals surface area (Å²) in [5.41, 5.74) is 5.50. The van der Waals surface area contributed by atoms with Crippen LogP contribution in [-0.4, -0.2) is 79.8 Å². The van der Waals surface area contributed by atoms with Crippen LogP contribution in [0, 0.1) is 20.8 Å². The second-order valence-corrected chi connectivity index (χ2v) is 11.2. The molecule has 0 saturated carbocycles. The van der Waals surface area contributed by atoms with Crippen molar-refractivity contribution in [1.29, 1.82) is 0 Å². The molecule has 0 spiro atoms. The van der Waals surface area contributed by atoms with Gasteiger partial charge < -0.3 is 29.7 Å². The summed E-state index contributed by atoms with van der Waals surface area (Å²) in [4.78, 5) is 41.5. The van der Waals surface area contributed by atoms with Crippen LogP contribution in [0.25, 0.3) is 10.9 Å². The molecule has 2 fully saturated rings. The quantitative estimate of drug-likeness (QED) is 0.468. The van der Waals surface area contributed by atoms with E-state index in [-0.39, 0.29) is 18.0 Å². The first-order valence-electron chi connectivity index (χ1n) is 14.5. The molecule has 5 rings (SSSR count). The lowest BCUT2D eigenvalue weighted by Gasteiger charge is -2.37. The highest BCUT2D eigenvalue weighted by atomic mass is 16.5. The molecular weight excluding hydrogens is 504 g/mol. The van der Waals surface area contributed by atoms with Gasteiger partial charge in [0.2, 0.25) is 0 Å². The molecule has 2 aliphatic rings. The fourth-order valence-corrected chi connectivity index (χ4v) is 6.14.